The van der Waals surface area contributed by atoms with Gasteiger partial charge in [0.05, 0.1) is 12.1 Å². The monoisotopic (exact) mass is 419 g/mol. The Labute approximate surface area is 180 Å². The van der Waals surface area contributed by atoms with E-state index in [1.807, 2.05) is 48.1 Å². The van der Waals surface area contributed by atoms with Crippen LogP contribution < -0.4 is 10.6 Å². The molecule has 1 unspecified atom stereocenters. The highest BCUT2D eigenvalue weighted by Gasteiger charge is 2.22. The fourth-order valence-corrected chi connectivity index (χ4v) is 5.07. The van der Waals surface area contributed by atoms with Gasteiger partial charge in [-0.05, 0) is 61.9 Å². The number of aryl methyl sites for hydroxylation is 1. The number of anilines is 2. The zero-order valence-corrected chi connectivity index (χ0v) is 17.8. The third kappa shape index (κ3) is 4.55. The van der Waals surface area contributed by atoms with Gasteiger partial charge >= 0.3 is 0 Å². The van der Waals surface area contributed by atoms with Gasteiger partial charge < -0.3 is 10.6 Å². The molecule has 3 aromatic rings. The lowest BCUT2D eigenvalue weighted by molar-refractivity contribution is -0.116. The minimum absolute atomic E-state index is 0.139. The van der Waals surface area contributed by atoms with Gasteiger partial charge in [0, 0.05) is 23.0 Å². The van der Waals surface area contributed by atoms with Gasteiger partial charge in [0.15, 0.2) is 0 Å². The summed E-state index contributed by atoms with van der Waals surface area (Å²) < 4.78 is 1.86. The third-order valence-electron chi connectivity index (χ3n) is 5.38. The highest BCUT2D eigenvalue weighted by atomic mass is 32.1. The Kier molecular flexibility index (Phi) is 6.15. The van der Waals surface area contributed by atoms with Crippen molar-refractivity contribution in [1.82, 2.24) is 9.78 Å². The molecule has 0 spiro atoms. The zero-order chi connectivity index (χ0) is 20.9. The summed E-state index contributed by atoms with van der Waals surface area (Å²) in [7, 11) is 0. The van der Waals surface area contributed by atoms with Gasteiger partial charge in [-0.25, -0.2) is 0 Å². The van der Waals surface area contributed by atoms with Crippen LogP contribution in [0.1, 0.15) is 47.8 Å². The van der Waals surface area contributed by atoms with Crippen molar-refractivity contribution in [3.63, 3.8) is 0 Å². The fourth-order valence-electron chi connectivity index (χ4n) is 3.83. The molecular formula is C23H25N5OS. The van der Waals surface area contributed by atoms with E-state index >= 15 is 0 Å². The van der Waals surface area contributed by atoms with E-state index in [0.29, 0.717) is 17.1 Å². The predicted molar refractivity (Wildman–Crippen MR) is 120 cm³/mol. The second-order valence-corrected chi connectivity index (χ2v) is 8.74. The number of carbonyl (C=O) groups excluding carboxylic acids is 1. The molecule has 6 nitrogen and oxygen atoms in total. The fraction of sp³-hybridized carbons (Fsp3) is 0.348. The summed E-state index contributed by atoms with van der Waals surface area (Å²) in [5.74, 6) is -0.139. The Morgan fingerprint density at radius 3 is 2.97 bits per heavy atom. The van der Waals surface area contributed by atoms with Crippen LogP contribution in [0.25, 0.3) is 0 Å². The maximum absolute atomic E-state index is 12.8. The Balaban J connectivity index is 1.43. The molecular weight excluding hydrogens is 394 g/mol. The molecule has 7 heteroatoms. The van der Waals surface area contributed by atoms with Gasteiger partial charge in [-0.1, -0.05) is 18.6 Å². The Morgan fingerprint density at radius 1 is 1.30 bits per heavy atom. The molecule has 30 heavy (non-hydrogen) atoms. The molecule has 0 aliphatic heterocycles. The molecule has 1 aromatic carbocycles. The molecule has 4 rings (SSSR count). The van der Waals surface area contributed by atoms with Crippen molar-refractivity contribution in [1.29, 1.82) is 5.26 Å². The first kappa shape index (κ1) is 20.2. The maximum Gasteiger partial charge on any atom is 0.247 e. The molecule has 2 aromatic heterocycles. The zero-order valence-electron chi connectivity index (χ0n) is 17.0. The molecule has 1 aliphatic carbocycles. The van der Waals surface area contributed by atoms with Crippen molar-refractivity contribution < 1.29 is 4.79 Å². The molecule has 2 heterocycles. The van der Waals surface area contributed by atoms with E-state index in [0.717, 1.165) is 42.5 Å². The topological polar surface area (TPSA) is 82.7 Å². The Hall–Kier alpha value is -3.11. The van der Waals surface area contributed by atoms with Crippen LogP contribution in [0, 0.1) is 11.3 Å². The van der Waals surface area contributed by atoms with Crippen molar-refractivity contribution in [3.05, 3.63) is 64.3 Å². The molecule has 2 N–H and O–H groups in total. The number of nitrogens with zero attached hydrogens (tertiary/aromatic N) is 3. The highest BCUT2D eigenvalue weighted by Crippen LogP contribution is 2.37. The number of hydrogen-bond acceptors (Lipinski definition) is 5. The number of rotatable bonds is 6. The number of thiophene rings is 1. The van der Waals surface area contributed by atoms with Crippen LogP contribution in [0.4, 0.5) is 10.7 Å². The maximum atomic E-state index is 12.8. The molecule has 0 radical (unpaired) electrons. The van der Waals surface area contributed by atoms with Crippen LogP contribution in [-0.4, -0.2) is 21.7 Å². The third-order valence-corrected chi connectivity index (χ3v) is 6.58. The predicted octanol–water partition coefficient (Wildman–Crippen LogP) is 4.57. The van der Waals surface area contributed by atoms with Crippen molar-refractivity contribution in [3.8, 4) is 6.07 Å². The van der Waals surface area contributed by atoms with E-state index in [9.17, 15) is 10.1 Å². The summed E-state index contributed by atoms with van der Waals surface area (Å²) in [6, 6.07) is 11.8. The van der Waals surface area contributed by atoms with Gasteiger partial charge in [0.2, 0.25) is 5.91 Å². The summed E-state index contributed by atoms with van der Waals surface area (Å²) in [6.45, 7) is 2.51. The summed E-state index contributed by atoms with van der Waals surface area (Å²) in [4.78, 5) is 14.1. The lowest BCUT2D eigenvalue weighted by Gasteiger charge is -2.16. The number of amides is 1. The molecule has 154 valence electrons. The minimum Gasteiger partial charge on any atom is -0.374 e. The lowest BCUT2D eigenvalue weighted by Crippen LogP contribution is -2.31. The summed E-state index contributed by atoms with van der Waals surface area (Å²) >= 11 is 1.56. The Bertz CT molecular complexity index is 1060. The van der Waals surface area contributed by atoms with Crippen LogP contribution in [-0.2, 0) is 24.2 Å². The van der Waals surface area contributed by atoms with E-state index in [1.165, 1.54) is 11.3 Å². The van der Waals surface area contributed by atoms with E-state index in [2.05, 4.69) is 21.8 Å². The van der Waals surface area contributed by atoms with Crippen LogP contribution in [0.5, 0.6) is 0 Å². The number of nitriles is 1. The second kappa shape index (κ2) is 9.14. The van der Waals surface area contributed by atoms with Gasteiger partial charge in [-0.3, -0.25) is 9.48 Å². The van der Waals surface area contributed by atoms with E-state index in [4.69, 9.17) is 0 Å². The average molecular weight is 420 g/mol. The summed E-state index contributed by atoms with van der Waals surface area (Å²) in [6.07, 6.45) is 9.08. The summed E-state index contributed by atoms with van der Waals surface area (Å²) in [5, 5.41) is 20.8. The molecule has 0 fully saturated rings. The first-order chi connectivity index (χ1) is 14.6. The number of fused-ring (bicyclic) bond motifs is 1. The Morgan fingerprint density at radius 2 is 2.17 bits per heavy atom. The molecule has 1 amide bonds. The number of aromatic nitrogens is 2. The molecule has 0 saturated carbocycles. The minimum atomic E-state index is -0.432. The molecule has 1 aliphatic rings. The number of hydrogen-bond donors (Lipinski definition) is 2. The standard InChI is InChI=1S/C23H25N5OS/c1-16(26-18-8-5-7-17(13-18)15-28-12-6-11-25-28)22(29)27-23-20(14-24)19-9-3-2-4-10-21(19)30-23/h5-8,11-13,16,26H,2-4,9-10,15H2,1H3,(H,27,29). The van der Waals surface area contributed by atoms with Crippen molar-refractivity contribution in [2.24, 2.45) is 0 Å². The molecule has 1 atom stereocenters. The van der Waals surface area contributed by atoms with Gasteiger partial charge in [-0.15, -0.1) is 11.3 Å². The first-order valence-electron chi connectivity index (χ1n) is 10.3. The van der Waals surface area contributed by atoms with E-state index in [-0.39, 0.29) is 5.91 Å². The van der Waals surface area contributed by atoms with Crippen LogP contribution >= 0.6 is 11.3 Å². The average Bonchev–Trinajstić information content (AvgIpc) is 3.29. The normalized spacial score (nSPS) is 14.3. The van der Waals surface area contributed by atoms with Gasteiger partial charge in [0.25, 0.3) is 0 Å². The van der Waals surface area contributed by atoms with Crippen molar-refractivity contribution >= 4 is 27.9 Å². The molecule has 0 bridgehead atoms. The number of carbonyl (C=O) groups is 1. The van der Waals surface area contributed by atoms with Crippen LogP contribution in [0.2, 0.25) is 0 Å². The highest BCUT2D eigenvalue weighted by molar-refractivity contribution is 7.16. The van der Waals surface area contributed by atoms with E-state index < -0.39 is 6.04 Å². The lowest BCUT2D eigenvalue weighted by atomic mass is 10.1. The second-order valence-electron chi connectivity index (χ2n) is 7.64. The van der Waals surface area contributed by atoms with E-state index in [1.54, 1.807) is 17.5 Å². The van der Waals surface area contributed by atoms with Crippen LogP contribution in [0.3, 0.4) is 0 Å². The van der Waals surface area contributed by atoms with Crippen molar-refractivity contribution in [2.75, 3.05) is 10.6 Å². The van der Waals surface area contributed by atoms with Crippen molar-refractivity contribution in [2.45, 2.75) is 51.6 Å². The quantitative estimate of drug-likeness (QED) is 0.573. The largest absolute Gasteiger partial charge is 0.374 e. The number of benzene rings is 1. The smallest absolute Gasteiger partial charge is 0.247 e. The van der Waals surface area contributed by atoms with Gasteiger partial charge in [0.1, 0.15) is 17.1 Å². The SMILES string of the molecule is CC(Nc1cccc(Cn2cccn2)c1)C(=O)Nc1sc2c(c1C#N)CCCCC2. The van der Waals surface area contributed by atoms with Crippen LogP contribution in [0.15, 0.2) is 42.7 Å². The van der Waals surface area contributed by atoms with Gasteiger partial charge in [-0.2, -0.15) is 10.4 Å². The first-order valence-corrected chi connectivity index (χ1v) is 11.1. The molecule has 0 saturated heterocycles. The number of nitrogens with one attached hydrogen (secondary N) is 2. The summed E-state index contributed by atoms with van der Waals surface area (Å²) in [5.41, 5.74) is 3.77.